The topological polar surface area (TPSA) is 50.1 Å². The summed E-state index contributed by atoms with van der Waals surface area (Å²) < 4.78 is 2.25. The molecule has 0 unspecified atom stereocenters. The number of aromatic nitrogens is 4. The predicted molar refractivity (Wildman–Crippen MR) is 95.0 cm³/mol. The number of hydrogen-bond donors (Lipinski definition) is 0. The normalized spacial score (nSPS) is 16.0. The Morgan fingerprint density at radius 2 is 1.75 bits per heavy atom. The number of hydrogen-bond acceptors (Lipinski definition) is 5. The van der Waals surface area contributed by atoms with Gasteiger partial charge in [-0.1, -0.05) is 0 Å². The number of benzene rings is 1. The van der Waals surface area contributed by atoms with Crippen LogP contribution >= 0.6 is 0 Å². The first-order valence-electron chi connectivity index (χ1n) is 8.36. The fourth-order valence-corrected chi connectivity index (χ4v) is 3.21. The van der Waals surface area contributed by atoms with Crippen LogP contribution in [0.2, 0.25) is 0 Å². The molecule has 0 bridgehead atoms. The number of rotatable bonds is 3. The fourth-order valence-electron chi connectivity index (χ4n) is 3.21. The number of piperazine rings is 1. The minimum Gasteiger partial charge on any atom is -0.353 e. The van der Waals surface area contributed by atoms with Crippen molar-refractivity contribution in [1.82, 2.24) is 24.4 Å². The van der Waals surface area contributed by atoms with Gasteiger partial charge in [-0.05, 0) is 37.1 Å². The molecule has 2 aromatic heterocycles. The molecule has 0 spiro atoms. The highest BCUT2D eigenvalue weighted by Crippen LogP contribution is 2.19. The Balaban J connectivity index is 1.45. The maximum atomic E-state index is 4.56. The Labute approximate surface area is 141 Å². The Kier molecular flexibility index (Phi) is 3.90. The molecule has 1 aromatic carbocycles. The molecular weight excluding hydrogens is 300 g/mol. The third-order valence-electron chi connectivity index (χ3n) is 4.83. The van der Waals surface area contributed by atoms with E-state index < -0.39 is 0 Å². The van der Waals surface area contributed by atoms with Crippen molar-refractivity contribution in [2.75, 3.05) is 31.1 Å². The molecule has 0 atom stereocenters. The Morgan fingerprint density at radius 1 is 0.958 bits per heavy atom. The van der Waals surface area contributed by atoms with E-state index in [1.54, 1.807) is 12.4 Å². The van der Waals surface area contributed by atoms with E-state index in [0.29, 0.717) is 0 Å². The van der Waals surface area contributed by atoms with Gasteiger partial charge in [-0.15, -0.1) is 0 Å². The van der Waals surface area contributed by atoms with Gasteiger partial charge in [0.2, 0.25) is 0 Å². The molecule has 4 rings (SSSR count). The van der Waals surface area contributed by atoms with Gasteiger partial charge in [0.15, 0.2) is 0 Å². The first kappa shape index (κ1) is 15.1. The molecule has 1 saturated heterocycles. The molecule has 24 heavy (non-hydrogen) atoms. The minimum atomic E-state index is 0.882. The van der Waals surface area contributed by atoms with Crippen molar-refractivity contribution in [3.63, 3.8) is 0 Å². The molecule has 1 aliphatic rings. The van der Waals surface area contributed by atoms with Crippen molar-refractivity contribution < 1.29 is 0 Å². The zero-order valence-electron chi connectivity index (χ0n) is 14.2. The predicted octanol–water partition coefficient (Wildman–Crippen LogP) is 2.22. The summed E-state index contributed by atoms with van der Waals surface area (Å²) in [6, 6.07) is 4.42. The van der Waals surface area contributed by atoms with Crippen LogP contribution in [-0.2, 0) is 6.67 Å². The van der Waals surface area contributed by atoms with Gasteiger partial charge in [0, 0.05) is 38.6 Å². The molecule has 3 aromatic rings. The first-order chi connectivity index (χ1) is 11.7. The smallest absolute Gasteiger partial charge is 0.147 e. The van der Waals surface area contributed by atoms with Crippen molar-refractivity contribution in [2.45, 2.75) is 20.5 Å². The van der Waals surface area contributed by atoms with Gasteiger partial charge in [0.1, 0.15) is 5.82 Å². The summed E-state index contributed by atoms with van der Waals surface area (Å²) in [5.41, 5.74) is 4.91. The molecule has 0 saturated carbocycles. The van der Waals surface area contributed by atoms with Crippen LogP contribution in [0.3, 0.4) is 0 Å². The van der Waals surface area contributed by atoms with Crippen LogP contribution in [-0.4, -0.2) is 50.6 Å². The van der Waals surface area contributed by atoms with Crippen LogP contribution in [0.15, 0.2) is 37.1 Å². The summed E-state index contributed by atoms with van der Waals surface area (Å²) in [7, 11) is 0. The zero-order valence-corrected chi connectivity index (χ0v) is 14.2. The van der Waals surface area contributed by atoms with Gasteiger partial charge >= 0.3 is 0 Å². The van der Waals surface area contributed by atoms with E-state index in [1.165, 1.54) is 16.6 Å². The molecule has 1 aliphatic heterocycles. The number of imidazole rings is 1. The van der Waals surface area contributed by atoms with E-state index in [2.05, 4.69) is 55.3 Å². The molecule has 0 aliphatic carbocycles. The summed E-state index contributed by atoms with van der Waals surface area (Å²) in [6.45, 7) is 9.16. The Bertz CT molecular complexity index is 833. The van der Waals surface area contributed by atoms with Crippen molar-refractivity contribution in [3.8, 4) is 0 Å². The molecule has 1 fully saturated rings. The molecule has 0 radical (unpaired) electrons. The summed E-state index contributed by atoms with van der Waals surface area (Å²) in [5.74, 6) is 0.969. The lowest BCUT2D eigenvalue weighted by atomic mass is 10.1. The number of fused-ring (bicyclic) bond motifs is 1. The van der Waals surface area contributed by atoms with E-state index in [-0.39, 0.29) is 0 Å². The number of anilines is 1. The summed E-state index contributed by atoms with van der Waals surface area (Å²) in [5, 5.41) is 0. The van der Waals surface area contributed by atoms with Crippen LogP contribution in [0.4, 0.5) is 5.82 Å². The highest BCUT2D eigenvalue weighted by atomic mass is 15.3. The van der Waals surface area contributed by atoms with Gasteiger partial charge in [-0.25, -0.2) is 9.97 Å². The fraction of sp³-hybridized carbons (Fsp3) is 0.389. The van der Waals surface area contributed by atoms with Crippen LogP contribution < -0.4 is 4.90 Å². The SMILES string of the molecule is Cc1cc2ncn(CN3CCN(c4cnccn4)CC3)c2cc1C. The van der Waals surface area contributed by atoms with Gasteiger partial charge in [0.25, 0.3) is 0 Å². The highest BCUT2D eigenvalue weighted by Gasteiger charge is 2.18. The molecule has 0 amide bonds. The third-order valence-corrected chi connectivity index (χ3v) is 4.83. The van der Waals surface area contributed by atoms with Gasteiger partial charge in [-0.2, -0.15) is 0 Å². The number of aryl methyl sites for hydroxylation is 2. The van der Waals surface area contributed by atoms with Crippen molar-refractivity contribution in [1.29, 1.82) is 0 Å². The molecule has 3 heterocycles. The Hall–Kier alpha value is -2.47. The molecule has 6 heteroatoms. The summed E-state index contributed by atoms with van der Waals surface area (Å²) in [4.78, 5) is 17.9. The largest absolute Gasteiger partial charge is 0.353 e. The molecule has 124 valence electrons. The van der Waals surface area contributed by atoms with Crippen LogP contribution in [0.5, 0.6) is 0 Å². The van der Waals surface area contributed by atoms with Gasteiger partial charge < -0.3 is 9.47 Å². The van der Waals surface area contributed by atoms with Crippen LogP contribution in [0, 0.1) is 13.8 Å². The van der Waals surface area contributed by atoms with Gasteiger partial charge in [0.05, 0.1) is 30.2 Å². The third kappa shape index (κ3) is 2.85. The van der Waals surface area contributed by atoms with E-state index in [4.69, 9.17) is 0 Å². The lowest BCUT2D eigenvalue weighted by molar-refractivity contribution is 0.208. The molecular formula is C18H22N6. The number of nitrogens with zero attached hydrogens (tertiary/aromatic N) is 6. The standard InChI is InChI=1S/C18H22N6/c1-14-9-16-17(10-15(14)2)24(12-21-16)13-22-5-7-23(8-6-22)18-11-19-3-4-20-18/h3-4,9-12H,5-8,13H2,1-2H3. The quantitative estimate of drug-likeness (QED) is 0.740. The lowest BCUT2D eigenvalue weighted by Gasteiger charge is -2.35. The van der Waals surface area contributed by atoms with Crippen molar-refractivity contribution >= 4 is 16.9 Å². The van der Waals surface area contributed by atoms with Crippen LogP contribution in [0.1, 0.15) is 11.1 Å². The van der Waals surface area contributed by atoms with E-state index >= 15 is 0 Å². The second kappa shape index (κ2) is 6.20. The van der Waals surface area contributed by atoms with E-state index in [9.17, 15) is 0 Å². The first-order valence-corrected chi connectivity index (χ1v) is 8.36. The lowest BCUT2D eigenvalue weighted by Crippen LogP contribution is -2.47. The van der Waals surface area contributed by atoms with Crippen LogP contribution in [0.25, 0.3) is 11.0 Å². The molecule has 6 nitrogen and oxygen atoms in total. The van der Waals surface area contributed by atoms with Gasteiger partial charge in [-0.3, -0.25) is 9.88 Å². The second-order valence-corrected chi connectivity index (χ2v) is 6.45. The highest BCUT2D eigenvalue weighted by molar-refractivity contribution is 5.77. The Morgan fingerprint density at radius 3 is 2.50 bits per heavy atom. The maximum absolute atomic E-state index is 4.56. The monoisotopic (exact) mass is 322 g/mol. The van der Waals surface area contributed by atoms with E-state index in [1.807, 2.05) is 12.5 Å². The minimum absolute atomic E-state index is 0.882. The average molecular weight is 322 g/mol. The summed E-state index contributed by atoms with van der Waals surface area (Å²) >= 11 is 0. The second-order valence-electron chi connectivity index (χ2n) is 6.45. The zero-order chi connectivity index (χ0) is 16.5. The molecule has 0 N–H and O–H groups in total. The van der Waals surface area contributed by atoms with Crippen molar-refractivity contribution in [3.05, 3.63) is 48.2 Å². The summed E-state index contributed by atoms with van der Waals surface area (Å²) in [6.07, 6.45) is 7.26. The maximum Gasteiger partial charge on any atom is 0.147 e. The van der Waals surface area contributed by atoms with Crippen molar-refractivity contribution in [2.24, 2.45) is 0 Å². The average Bonchev–Trinajstić information content (AvgIpc) is 2.99. The van der Waals surface area contributed by atoms with E-state index in [0.717, 1.165) is 44.2 Å².